The number of anilines is 1. The van der Waals surface area contributed by atoms with Gasteiger partial charge in [0, 0.05) is 17.1 Å². The number of nitrogens with one attached hydrogen (secondary N) is 2. The van der Waals surface area contributed by atoms with Gasteiger partial charge in [-0.05, 0) is 43.5 Å². The molecule has 3 rings (SSSR count). The topological polar surface area (TPSA) is 78.5 Å². The lowest BCUT2D eigenvalue weighted by Crippen LogP contribution is -2.34. The van der Waals surface area contributed by atoms with Crippen LogP contribution in [0.15, 0.2) is 48.5 Å². The van der Waals surface area contributed by atoms with Crippen molar-refractivity contribution in [2.45, 2.75) is 38.8 Å². The summed E-state index contributed by atoms with van der Waals surface area (Å²) in [6, 6.07) is 13.1. The van der Waals surface area contributed by atoms with E-state index in [1.807, 2.05) is 50.2 Å². The zero-order chi connectivity index (χ0) is 20.3. The summed E-state index contributed by atoms with van der Waals surface area (Å²) in [7, 11) is 0. The molecule has 0 aliphatic carbocycles. The van der Waals surface area contributed by atoms with Crippen molar-refractivity contribution in [3.05, 3.63) is 64.7 Å². The Hall–Kier alpha value is -2.86. The maximum Gasteiger partial charge on any atom is 0.325 e. The molecule has 2 aromatic rings. The summed E-state index contributed by atoms with van der Waals surface area (Å²) in [6.07, 6.45) is 0.337. The van der Waals surface area contributed by atoms with Crippen LogP contribution in [0.3, 0.4) is 0 Å². The Morgan fingerprint density at radius 3 is 2.61 bits per heavy atom. The van der Waals surface area contributed by atoms with E-state index >= 15 is 0 Å². The Balaban J connectivity index is 1.58. The Bertz CT molecular complexity index is 901. The molecule has 146 valence electrons. The molecule has 1 fully saturated rings. The van der Waals surface area contributed by atoms with Gasteiger partial charge >= 0.3 is 6.03 Å². The van der Waals surface area contributed by atoms with E-state index in [4.69, 9.17) is 11.6 Å². The van der Waals surface area contributed by atoms with Crippen molar-refractivity contribution in [2.24, 2.45) is 0 Å². The van der Waals surface area contributed by atoms with E-state index in [0.717, 1.165) is 11.1 Å². The first-order valence-corrected chi connectivity index (χ1v) is 9.49. The first kappa shape index (κ1) is 19.9. The van der Waals surface area contributed by atoms with Gasteiger partial charge < -0.3 is 10.6 Å². The smallest absolute Gasteiger partial charge is 0.325 e. The molecule has 2 atom stereocenters. The van der Waals surface area contributed by atoms with Gasteiger partial charge in [0.15, 0.2) is 0 Å². The van der Waals surface area contributed by atoms with Gasteiger partial charge in [-0.25, -0.2) is 4.79 Å². The molecule has 6 nitrogen and oxygen atoms in total. The van der Waals surface area contributed by atoms with E-state index < -0.39 is 12.1 Å². The minimum Gasteiger partial charge on any atom is -0.326 e. The molecule has 1 heterocycles. The predicted octanol–water partition coefficient (Wildman–Crippen LogP) is 4.05. The number of benzene rings is 2. The second-order valence-corrected chi connectivity index (χ2v) is 7.25. The van der Waals surface area contributed by atoms with E-state index in [0.29, 0.717) is 10.7 Å². The van der Waals surface area contributed by atoms with E-state index in [-0.39, 0.29) is 30.7 Å². The normalized spacial score (nSPS) is 17.4. The molecular weight excluding hydrogens is 378 g/mol. The largest absolute Gasteiger partial charge is 0.326 e. The number of carbonyl (C=O) groups is 3. The third kappa shape index (κ3) is 4.34. The maximum absolute atomic E-state index is 12.7. The predicted molar refractivity (Wildman–Crippen MR) is 108 cm³/mol. The van der Waals surface area contributed by atoms with Gasteiger partial charge in [-0.3, -0.25) is 14.5 Å². The maximum atomic E-state index is 12.7. The Morgan fingerprint density at radius 2 is 1.93 bits per heavy atom. The third-order valence-electron chi connectivity index (χ3n) is 4.84. The van der Waals surface area contributed by atoms with Crippen LogP contribution in [0.1, 0.15) is 36.9 Å². The fourth-order valence-electron chi connectivity index (χ4n) is 3.16. The first-order chi connectivity index (χ1) is 13.4. The van der Waals surface area contributed by atoms with Crippen molar-refractivity contribution in [3.63, 3.8) is 0 Å². The molecule has 2 N–H and O–H groups in total. The standard InChI is InChI=1S/C21H22ClN3O3/c1-13-8-9-16(12-17(13)22)23-19(26)11-10-18-20(27)25(21(28)24-18)14(2)15-6-4-3-5-7-15/h3-9,12,14,18H,10-11H2,1-2H3,(H,23,26)(H,24,28)/t14-,18+/m1/s1. The van der Waals surface area contributed by atoms with Gasteiger partial charge in [-0.2, -0.15) is 0 Å². The Kier molecular flexibility index (Phi) is 5.99. The molecular formula is C21H22ClN3O3. The average Bonchev–Trinajstić information content (AvgIpc) is 2.96. The lowest BCUT2D eigenvalue weighted by Gasteiger charge is -2.21. The molecule has 0 spiro atoms. The molecule has 28 heavy (non-hydrogen) atoms. The number of rotatable bonds is 6. The summed E-state index contributed by atoms with van der Waals surface area (Å²) in [6.45, 7) is 3.69. The molecule has 1 aliphatic heterocycles. The van der Waals surface area contributed by atoms with Gasteiger partial charge in [-0.1, -0.05) is 48.0 Å². The second kappa shape index (κ2) is 8.44. The lowest BCUT2D eigenvalue weighted by atomic mass is 10.1. The number of aryl methyl sites for hydroxylation is 1. The highest BCUT2D eigenvalue weighted by Gasteiger charge is 2.40. The Morgan fingerprint density at radius 1 is 1.21 bits per heavy atom. The molecule has 0 unspecified atom stereocenters. The first-order valence-electron chi connectivity index (χ1n) is 9.11. The molecule has 1 aliphatic rings. The fraction of sp³-hybridized carbons (Fsp3) is 0.286. The van der Waals surface area contributed by atoms with Crippen molar-refractivity contribution in [2.75, 3.05) is 5.32 Å². The zero-order valence-corrected chi connectivity index (χ0v) is 16.5. The minimum atomic E-state index is -0.703. The van der Waals surface area contributed by atoms with Gasteiger partial charge in [0.2, 0.25) is 5.91 Å². The van der Waals surface area contributed by atoms with Crippen LogP contribution >= 0.6 is 11.6 Å². The van der Waals surface area contributed by atoms with Crippen molar-refractivity contribution in [3.8, 4) is 0 Å². The SMILES string of the molecule is Cc1ccc(NC(=O)CC[C@@H]2NC(=O)N([C@H](C)c3ccccc3)C2=O)cc1Cl. The van der Waals surface area contributed by atoms with E-state index in [9.17, 15) is 14.4 Å². The number of nitrogens with zero attached hydrogens (tertiary/aromatic N) is 1. The third-order valence-corrected chi connectivity index (χ3v) is 5.24. The summed E-state index contributed by atoms with van der Waals surface area (Å²) in [5.41, 5.74) is 2.40. The summed E-state index contributed by atoms with van der Waals surface area (Å²) < 4.78 is 0. The molecule has 4 amide bonds. The number of imide groups is 1. The summed E-state index contributed by atoms with van der Waals surface area (Å²) in [4.78, 5) is 38.4. The van der Waals surface area contributed by atoms with Crippen molar-refractivity contribution in [1.29, 1.82) is 0 Å². The fourth-order valence-corrected chi connectivity index (χ4v) is 3.34. The van der Waals surface area contributed by atoms with Crippen LogP contribution in [-0.4, -0.2) is 28.8 Å². The van der Waals surface area contributed by atoms with E-state index in [1.54, 1.807) is 12.1 Å². The minimum absolute atomic E-state index is 0.107. The van der Waals surface area contributed by atoms with Crippen LogP contribution in [0.5, 0.6) is 0 Å². The number of carbonyl (C=O) groups excluding carboxylic acids is 3. The van der Waals surface area contributed by atoms with E-state index in [2.05, 4.69) is 10.6 Å². The van der Waals surface area contributed by atoms with Crippen LogP contribution in [0.25, 0.3) is 0 Å². The summed E-state index contributed by atoms with van der Waals surface area (Å²) in [5, 5.41) is 6.01. The number of halogens is 1. The number of urea groups is 1. The van der Waals surface area contributed by atoms with Crippen LogP contribution < -0.4 is 10.6 Å². The van der Waals surface area contributed by atoms with Crippen LogP contribution in [0.4, 0.5) is 10.5 Å². The highest BCUT2D eigenvalue weighted by Crippen LogP contribution is 2.25. The van der Waals surface area contributed by atoms with Crippen LogP contribution in [0.2, 0.25) is 5.02 Å². The van der Waals surface area contributed by atoms with Gasteiger partial charge in [0.1, 0.15) is 6.04 Å². The van der Waals surface area contributed by atoms with Gasteiger partial charge in [0.05, 0.1) is 6.04 Å². The Labute approximate surface area is 168 Å². The van der Waals surface area contributed by atoms with E-state index in [1.165, 1.54) is 4.90 Å². The quantitative estimate of drug-likeness (QED) is 0.719. The molecule has 0 aromatic heterocycles. The average molecular weight is 400 g/mol. The summed E-state index contributed by atoms with van der Waals surface area (Å²) >= 11 is 6.06. The van der Waals surface area contributed by atoms with Crippen molar-refractivity contribution >= 4 is 35.1 Å². The number of hydrogen-bond donors (Lipinski definition) is 2. The lowest BCUT2D eigenvalue weighted by molar-refractivity contribution is -0.129. The molecule has 2 aromatic carbocycles. The number of hydrogen-bond acceptors (Lipinski definition) is 3. The monoisotopic (exact) mass is 399 g/mol. The van der Waals surface area contributed by atoms with Crippen LogP contribution in [-0.2, 0) is 9.59 Å². The second-order valence-electron chi connectivity index (χ2n) is 6.85. The van der Waals surface area contributed by atoms with Crippen molar-refractivity contribution in [1.82, 2.24) is 10.2 Å². The highest BCUT2D eigenvalue weighted by molar-refractivity contribution is 6.31. The molecule has 0 bridgehead atoms. The molecule has 1 saturated heterocycles. The number of amides is 4. The summed E-state index contributed by atoms with van der Waals surface area (Å²) in [5.74, 6) is -0.552. The molecule has 0 radical (unpaired) electrons. The van der Waals surface area contributed by atoms with Gasteiger partial charge in [-0.15, -0.1) is 0 Å². The highest BCUT2D eigenvalue weighted by atomic mass is 35.5. The van der Waals surface area contributed by atoms with Crippen LogP contribution in [0, 0.1) is 6.92 Å². The van der Waals surface area contributed by atoms with Crippen molar-refractivity contribution < 1.29 is 14.4 Å². The van der Waals surface area contributed by atoms with Gasteiger partial charge in [0.25, 0.3) is 5.91 Å². The molecule has 7 heteroatoms. The molecule has 0 saturated carbocycles. The zero-order valence-electron chi connectivity index (χ0n) is 15.7.